The van der Waals surface area contributed by atoms with E-state index in [-0.39, 0.29) is 60.4 Å². The standard InChI is InChI=1S/C32H45FN6O4/c1-5-30(41)35-27(32(43)38-19-23(20-38)37(3)4)17-21-12-13-26(25(33)16-21)36-31(42)24(22-10-8-7-9-11-22)18-29(40)28-14-15-34-39(28)6-2/h12-16,22-24,27H,5-11,17-20H2,1-4H3,(H,35,41)(H,36,42)/t24-,27+/m0/s1. The molecule has 1 aliphatic heterocycles. The quantitative estimate of drug-likeness (QED) is 0.341. The van der Waals surface area contributed by atoms with Crippen molar-refractivity contribution in [3.8, 4) is 0 Å². The van der Waals surface area contributed by atoms with Crippen molar-refractivity contribution in [1.29, 1.82) is 0 Å². The molecule has 0 bridgehead atoms. The van der Waals surface area contributed by atoms with Crippen molar-refractivity contribution in [2.24, 2.45) is 11.8 Å². The zero-order valence-corrected chi connectivity index (χ0v) is 25.8. The Labute approximate surface area is 253 Å². The maximum absolute atomic E-state index is 15.4. The first-order chi connectivity index (χ1) is 20.6. The van der Waals surface area contributed by atoms with Crippen LogP contribution in [0.1, 0.15) is 74.8 Å². The highest BCUT2D eigenvalue weighted by Crippen LogP contribution is 2.34. The second-order valence-corrected chi connectivity index (χ2v) is 12.0. The van der Waals surface area contributed by atoms with E-state index in [0.29, 0.717) is 30.9 Å². The molecule has 2 fully saturated rings. The number of benzene rings is 1. The molecule has 2 aromatic rings. The highest BCUT2D eigenvalue weighted by Gasteiger charge is 2.36. The molecule has 1 aromatic heterocycles. The van der Waals surface area contributed by atoms with E-state index >= 15 is 4.39 Å². The normalized spacial score (nSPS) is 17.3. The Morgan fingerprint density at radius 3 is 2.42 bits per heavy atom. The van der Waals surface area contributed by atoms with Gasteiger partial charge < -0.3 is 20.4 Å². The fourth-order valence-corrected chi connectivity index (χ4v) is 6.06. The first-order valence-corrected chi connectivity index (χ1v) is 15.5. The van der Waals surface area contributed by atoms with Crippen molar-refractivity contribution in [3.63, 3.8) is 0 Å². The number of nitrogens with zero attached hydrogens (tertiary/aromatic N) is 4. The van der Waals surface area contributed by atoms with Gasteiger partial charge in [0.25, 0.3) is 0 Å². The average molecular weight is 597 g/mol. The summed E-state index contributed by atoms with van der Waals surface area (Å²) in [5, 5.41) is 9.72. The van der Waals surface area contributed by atoms with Crippen LogP contribution in [0.5, 0.6) is 0 Å². The Hall–Kier alpha value is -3.60. The third-order valence-electron chi connectivity index (χ3n) is 8.85. The highest BCUT2D eigenvalue weighted by atomic mass is 19.1. The van der Waals surface area contributed by atoms with Gasteiger partial charge in [0, 0.05) is 57.1 Å². The maximum Gasteiger partial charge on any atom is 0.245 e. The number of hydrogen-bond acceptors (Lipinski definition) is 6. The molecule has 3 amide bonds. The van der Waals surface area contributed by atoms with Crippen LogP contribution in [0.3, 0.4) is 0 Å². The number of likely N-dealkylation sites (N-methyl/N-ethyl adjacent to an activating group) is 1. The molecule has 2 N–H and O–H groups in total. The second-order valence-electron chi connectivity index (χ2n) is 12.0. The number of aromatic nitrogens is 2. The summed E-state index contributed by atoms with van der Waals surface area (Å²) in [5.41, 5.74) is 1.03. The summed E-state index contributed by atoms with van der Waals surface area (Å²) in [4.78, 5) is 55.9. The molecule has 2 heterocycles. The average Bonchev–Trinajstić information content (AvgIpc) is 3.45. The van der Waals surface area contributed by atoms with Crippen LogP contribution in [0.15, 0.2) is 30.5 Å². The monoisotopic (exact) mass is 596 g/mol. The number of halogens is 1. The van der Waals surface area contributed by atoms with E-state index in [1.807, 2.05) is 21.0 Å². The van der Waals surface area contributed by atoms with Crippen LogP contribution >= 0.6 is 0 Å². The molecule has 234 valence electrons. The van der Waals surface area contributed by atoms with E-state index in [4.69, 9.17) is 0 Å². The number of aryl methyl sites for hydroxylation is 1. The lowest BCUT2D eigenvalue weighted by Crippen LogP contribution is -2.63. The molecule has 0 radical (unpaired) electrons. The molecular formula is C32H45FN6O4. The summed E-state index contributed by atoms with van der Waals surface area (Å²) in [7, 11) is 3.92. The van der Waals surface area contributed by atoms with Gasteiger partial charge in [-0.15, -0.1) is 0 Å². The molecule has 1 aromatic carbocycles. The second kappa shape index (κ2) is 14.7. The van der Waals surface area contributed by atoms with Crippen LogP contribution in [0.25, 0.3) is 0 Å². The lowest BCUT2D eigenvalue weighted by atomic mass is 9.77. The van der Waals surface area contributed by atoms with Crippen molar-refractivity contribution in [2.75, 3.05) is 32.5 Å². The minimum Gasteiger partial charge on any atom is -0.344 e. The van der Waals surface area contributed by atoms with E-state index in [2.05, 4.69) is 20.6 Å². The number of carbonyl (C=O) groups is 4. The van der Waals surface area contributed by atoms with Gasteiger partial charge in [-0.3, -0.25) is 23.9 Å². The van der Waals surface area contributed by atoms with Crippen molar-refractivity contribution < 1.29 is 23.6 Å². The van der Waals surface area contributed by atoms with Gasteiger partial charge in [0.15, 0.2) is 5.78 Å². The summed E-state index contributed by atoms with van der Waals surface area (Å²) in [6.07, 6.45) is 6.79. The van der Waals surface area contributed by atoms with Crippen LogP contribution in [0, 0.1) is 17.7 Å². The molecule has 1 saturated heterocycles. The lowest BCUT2D eigenvalue weighted by Gasteiger charge is -2.44. The van der Waals surface area contributed by atoms with Gasteiger partial charge in [0.2, 0.25) is 17.7 Å². The van der Waals surface area contributed by atoms with Gasteiger partial charge >= 0.3 is 0 Å². The van der Waals surface area contributed by atoms with Crippen LogP contribution in [0.2, 0.25) is 0 Å². The highest BCUT2D eigenvalue weighted by molar-refractivity contribution is 6.00. The van der Waals surface area contributed by atoms with Crippen LogP contribution in [0.4, 0.5) is 10.1 Å². The molecule has 0 unspecified atom stereocenters. The predicted molar refractivity (Wildman–Crippen MR) is 162 cm³/mol. The Morgan fingerprint density at radius 1 is 1.07 bits per heavy atom. The van der Waals surface area contributed by atoms with Crippen molar-refractivity contribution in [3.05, 3.63) is 47.5 Å². The minimum atomic E-state index is -0.811. The third-order valence-corrected chi connectivity index (χ3v) is 8.85. The molecule has 1 saturated carbocycles. The maximum atomic E-state index is 15.4. The van der Waals surface area contributed by atoms with Gasteiger partial charge in [-0.05, 0) is 63.5 Å². The van der Waals surface area contributed by atoms with E-state index in [0.717, 1.165) is 32.1 Å². The zero-order valence-electron chi connectivity index (χ0n) is 25.8. The predicted octanol–water partition coefficient (Wildman–Crippen LogP) is 3.66. The number of ketones is 1. The number of nitrogens with one attached hydrogen (secondary N) is 2. The number of amides is 3. The van der Waals surface area contributed by atoms with E-state index in [1.165, 1.54) is 12.1 Å². The van der Waals surface area contributed by atoms with Crippen LogP contribution in [-0.2, 0) is 27.3 Å². The minimum absolute atomic E-state index is 0.0256. The number of rotatable bonds is 13. The molecule has 11 heteroatoms. The smallest absolute Gasteiger partial charge is 0.245 e. The molecular weight excluding hydrogens is 551 g/mol. The van der Waals surface area contributed by atoms with Gasteiger partial charge in [0.05, 0.1) is 5.69 Å². The van der Waals surface area contributed by atoms with Gasteiger partial charge in [0.1, 0.15) is 17.6 Å². The van der Waals surface area contributed by atoms with E-state index < -0.39 is 17.8 Å². The summed E-state index contributed by atoms with van der Waals surface area (Å²) < 4.78 is 17.0. The lowest BCUT2D eigenvalue weighted by molar-refractivity contribution is -0.142. The molecule has 2 aliphatic rings. The molecule has 1 aliphatic carbocycles. The number of carbonyl (C=O) groups excluding carboxylic acids is 4. The first-order valence-electron chi connectivity index (χ1n) is 15.5. The topological polar surface area (TPSA) is 117 Å². The number of anilines is 1. The molecule has 4 rings (SSSR count). The van der Waals surface area contributed by atoms with Crippen molar-refractivity contribution in [1.82, 2.24) is 24.9 Å². The van der Waals surface area contributed by atoms with Gasteiger partial charge in [-0.1, -0.05) is 32.3 Å². The van der Waals surface area contributed by atoms with Crippen molar-refractivity contribution >= 4 is 29.2 Å². The number of Topliss-reactive ketones (excluding diaryl/α,β-unsaturated/α-hetero) is 1. The van der Waals surface area contributed by atoms with Crippen LogP contribution in [-0.4, -0.2) is 82.4 Å². The molecule has 10 nitrogen and oxygen atoms in total. The summed E-state index contributed by atoms with van der Waals surface area (Å²) in [6.45, 7) is 5.33. The molecule has 0 spiro atoms. The third kappa shape index (κ3) is 8.07. The fourth-order valence-electron chi connectivity index (χ4n) is 6.06. The summed E-state index contributed by atoms with van der Waals surface area (Å²) >= 11 is 0. The van der Waals surface area contributed by atoms with E-state index in [9.17, 15) is 19.2 Å². The Kier molecular flexibility index (Phi) is 11.1. The van der Waals surface area contributed by atoms with Crippen molar-refractivity contribution in [2.45, 2.75) is 83.8 Å². The van der Waals surface area contributed by atoms with Gasteiger partial charge in [-0.2, -0.15) is 5.10 Å². The summed E-state index contributed by atoms with van der Waals surface area (Å²) in [5.74, 6) is -2.13. The first kappa shape index (κ1) is 32.3. The van der Waals surface area contributed by atoms with Crippen LogP contribution < -0.4 is 10.6 Å². The Bertz CT molecular complexity index is 1300. The fraction of sp³-hybridized carbons (Fsp3) is 0.594. The molecule has 2 atom stereocenters. The largest absolute Gasteiger partial charge is 0.344 e. The summed E-state index contributed by atoms with van der Waals surface area (Å²) in [6, 6.07) is 5.58. The zero-order chi connectivity index (χ0) is 31.1. The Balaban J connectivity index is 1.46. The number of likely N-dealkylation sites (tertiary alicyclic amines) is 1. The van der Waals surface area contributed by atoms with E-state index in [1.54, 1.807) is 34.8 Å². The Morgan fingerprint density at radius 2 is 1.79 bits per heavy atom. The van der Waals surface area contributed by atoms with Gasteiger partial charge in [-0.25, -0.2) is 4.39 Å². The molecule has 43 heavy (non-hydrogen) atoms. The number of hydrogen-bond donors (Lipinski definition) is 2. The SMILES string of the molecule is CCC(=O)N[C@H](Cc1ccc(NC(=O)[C@@H](CC(=O)c2ccnn2CC)C2CCCCC2)c(F)c1)C(=O)N1CC(N(C)C)C1.